The molecule has 0 fully saturated rings. The largest absolute Gasteiger partial charge is 0.344 e. The maximum absolute atomic E-state index is 5.73. The summed E-state index contributed by atoms with van der Waals surface area (Å²) >= 11 is 0. The minimum atomic E-state index is 0.0376. The fourth-order valence-electron chi connectivity index (χ4n) is 1.69. The van der Waals surface area contributed by atoms with E-state index in [-0.39, 0.29) is 6.04 Å². The Morgan fingerprint density at radius 1 is 1.42 bits per heavy atom. The molecular weight excluding hydrogens is 150 g/mol. The highest BCUT2D eigenvalue weighted by atomic mass is 15.0. The van der Waals surface area contributed by atoms with Gasteiger partial charge in [-0.05, 0) is 32.6 Å². The molecule has 0 radical (unpaired) electrons. The van der Waals surface area contributed by atoms with Crippen molar-refractivity contribution < 1.29 is 0 Å². The summed E-state index contributed by atoms with van der Waals surface area (Å²) < 4.78 is 0. The van der Waals surface area contributed by atoms with Gasteiger partial charge in [0.05, 0.1) is 11.7 Å². The van der Waals surface area contributed by atoms with Gasteiger partial charge in [-0.25, -0.2) is 4.98 Å². The van der Waals surface area contributed by atoms with Gasteiger partial charge < -0.3 is 10.7 Å². The predicted molar refractivity (Wildman–Crippen MR) is 47.8 cm³/mol. The van der Waals surface area contributed by atoms with Crippen LogP contribution in [-0.4, -0.2) is 9.97 Å². The topological polar surface area (TPSA) is 54.7 Å². The van der Waals surface area contributed by atoms with E-state index in [1.165, 1.54) is 24.2 Å². The Labute approximate surface area is 72.4 Å². The van der Waals surface area contributed by atoms with E-state index in [0.717, 1.165) is 18.7 Å². The summed E-state index contributed by atoms with van der Waals surface area (Å²) in [6.45, 7) is 1.96. The molecule has 0 unspecified atom stereocenters. The SMILES string of the molecule is C[C@@H](N)c1nc2c([nH]1)CCCC2. The van der Waals surface area contributed by atoms with Crippen LogP contribution >= 0.6 is 0 Å². The van der Waals surface area contributed by atoms with E-state index in [2.05, 4.69) is 9.97 Å². The molecule has 0 aromatic carbocycles. The van der Waals surface area contributed by atoms with Gasteiger partial charge in [-0.3, -0.25) is 0 Å². The first-order chi connectivity index (χ1) is 5.77. The third-order valence-corrected chi connectivity index (χ3v) is 2.40. The minimum absolute atomic E-state index is 0.0376. The van der Waals surface area contributed by atoms with Gasteiger partial charge in [0, 0.05) is 5.69 Å². The summed E-state index contributed by atoms with van der Waals surface area (Å²) in [6.07, 6.45) is 4.83. The Hall–Kier alpha value is -0.830. The van der Waals surface area contributed by atoms with Crippen LogP contribution in [0.4, 0.5) is 0 Å². The van der Waals surface area contributed by atoms with E-state index >= 15 is 0 Å². The molecule has 66 valence electrons. The van der Waals surface area contributed by atoms with Crippen LogP contribution in [0.15, 0.2) is 0 Å². The summed E-state index contributed by atoms with van der Waals surface area (Å²) in [7, 11) is 0. The Morgan fingerprint density at radius 2 is 2.17 bits per heavy atom. The van der Waals surface area contributed by atoms with E-state index in [1.54, 1.807) is 0 Å². The van der Waals surface area contributed by atoms with Crippen LogP contribution < -0.4 is 5.73 Å². The lowest BCUT2D eigenvalue weighted by Crippen LogP contribution is -2.06. The first kappa shape index (κ1) is 7.80. The molecule has 1 aliphatic rings. The standard InChI is InChI=1S/C9H15N3/c1-6(10)9-11-7-4-2-3-5-8(7)12-9/h6H,2-5,10H2,1H3,(H,11,12)/t6-/m1/s1. The average Bonchev–Trinajstić information content (AvgIpc) is 2.46. The van der Waals surface area contributed by atoms with Gasteiger partial charge in [0.1, 0.15) is 5.82 Å². The Bertz CT molecular complexity index is 252. The summed E-state index contributed by atoms with van der Waals surface area (Å²) in [5.74, 6) is 0.946. The molecule has 1 atom stereocenters. The van der Waals surface area contributed by atoms with Gasteiger partial charge in [0.15, 0.2) is 0 Å². The van der Waals surface area contributed by atoms with Crippen molar-refractivity contribution in [2.75, 3.05) is 0 Å². The van der Waals surface area contributed by atoms with Crippen molar-refractivity contribution in [1.29, 1.82) is 0 Å². The third kappa shape index (κ3) is 1.25. The van der Waals surface area contributed by atoms with E-state index in [9.17, 15) is 0 Å². The Kier molecular flexibility index (Phi) is 1.89. The molecule has 0 bridgehead atoms. The minimum Gasteiger partial charge on any atom is -0.344 e. The van der Waals surface area contributed by atoms with E-state index in [1.807, 2.05) is 6.92 Å². The molecule has 0 amide bonds. The van der Waals surface area contributed by atoms with Crippen LogP contribution in [0.2, 0.25) is 0 Å². The van der Waals surface area contributed by atoms with Crippen molar-refractivity contribution in [2.45, 2.75) is 38.6 Å². The first-order valence-electron chi connectivity index (χ1n) is 4.60. The molecule has 1 aromatic rings. The number of aromatic nitrogens is 2. The number of rotatable bonds is 1. The van der Waals surface area contributed by atoms with Crippen LogP contribution in [0.25, 0.3) is 0 Å². The second-order valence-corrected chi connectivity index (χ2v) is 3.54. The maximum atomic E-state index is 5.73. The number of hydrogen-bond donors (Lipinski definition) is 2. The number of nitrogens with one attached hydrogen (secondary N) is 1. The van der Waals surface area contributed by atoms with E-state index < -0.39 is 0 Å². The fraction of sp³-hybridized carbons (Fsp3) is 0.667. The molecule has 3 heteroatoms. The van der Waals surface area contributed by atoms with Crippen LogP contribution in [0.5, 0.6) is 0 Å². The molecular formula is C9H15N3. The Balaban J connectivity index is 2.32. The molecule has 1 aliphatic carbocycles. The number of imidazole rings is 1. The van der Waals surface area contributed by atoms with Crippen molar-refractivity contribution in [3.8, 4) is 0 Å². The lowest BCUT2D eigenvalue weighted by Gasteiger charge is -2.07. The number of H-pyrrole nitrogens is 1. The quantitative estimate of drug-likeness (QED) is 0.659. The average molecular weight is 165 g/mol. The molecule has 1 heterocycles. The van der Waals surface area contributed by atoms with Crippen LogP contribution in [-0.2, 0) is 12.8 Å². The normalized spacial score (nSPS) is 18.8. The number of aryl methyl sites for hydroxylation is 2. The van der Waals surface area contributed by atoms with Crippen molar-refractivity contribution in [3.63, 3.8) is 0 Å². The highest BCUT2D eigenvalue weighted by Gasteiger charge is 2.15. The second-order valence-electron chi connectivity index (χ2n) is 3.54. The van der Waals surface area contributed by atoms with Gasteiger partial charge in [0.25, 0.3) is 0 Å². The highest BCUT2D eigenvalue weighted by molar-refractivity contribution is 5.18. The molecule has 0 saturated carbocycles. The highest BCUT2D eigenvalue weighted by Crippen LogP contribution is 2.20. The van der Waals surface area contributed by atoms with E-state index in [4.69, 9.17) is 5.73 Å². The van der Waals surface area contributed by atoms with E-state index in [0.29, 0.717) is 0 Å². The molecule has 12 heavy (non-hydrogen) atoms. The zero-order valence-corrected chi connectivity index (χ0v) is 7.43. The van der Waals surface area contributed by atoms with Crippen LogP contribution in [0.3, 0.4) is 0 Å². The smallest absolute Gasteiger partial charge is 0.123 e. The van der Waals surface area contributed by atoms with Gasteiger partial charge in [-0.1, -0.05) is 0 Å². The van der Waals surface area contributed by atoms with Crippen LogP contribution in [0, 0.1) is 0 Å². The number of aromatic amines is 1. The zero-order chi connectivity index (χ0) is 8.55. The molecule has 3 nitrogen and oxygen atoms in total. The molecule has 0 saturated heterocycles. The molecule has 2 rings (SSSR count). The van der Waals surface area contributed by atoms with Crippen LogP contribution in [0.1, 0.15) is 43.0 Å². The first-order valence-corrected chi connectivity index (χ1v) is 4.60. The number of hydrogen-bond acceptors (Lipinski definition) is 2. The third-order valence-electron chi connectivity index (χ3n) is 2.40. The van der Waals surface area contributed by atoms with Gasteiger partial charge in [-0.15, -0.1) is 0 Å². The van der Waals surface area contributed by atoms with Gasteiger partial charge in [0.2, 0.25) is 0 Å². The van der Waals surface area contributed by atoms with Crippen molar-refractivity contribution in [1.82, 2.24) is 9.97 Å². The molecule has 0 spiro atoms. The lowest BCUT2D eigenvalue weighted by molar-refractivity contribution is 0.667. The summed E-state index contributed by atoms with van der Waals surface area (Å²) in [6, 6.07) is 0.0376. The lowest BCUT2D eigenvalue weighted by atomic mass is 10.0. The zero-order valence-electron chi connectivity index (χ0n) is 7.43. The molecule has 3 N–H and O–H groups in total. The van der Waals surface area contributed by atoms with Crippen molar-refractivity contribution >= 4 is 0 Å². The van der Waals surface area contributed by atoms with Crippen molar-refractivity contribution in [2.24, 2.45) is 5.73 Å². The monoisotopic (exact) mass is 165 g/mol. The maximum Gasteiger partial charge on any atom is 0.123 e. The fourth-order valence-corrected chi connectivity index (χ4v) is 1.69. The van der Waals surface area contributed by atoms with Gasteiger partial charge in [-0.2, -0.15) is 0 Å². The summed E-state index contributed by atoms with van der Waals surface area (Å²) in [5, 5.41) is 0. The molecule has 1 aromatic heterocycles. The summed E-state index contributed by atoms with van der Waals surface area (Å²) in [5.41, 5.74) is 8.29. The predicted octanol–water partition coefficient (Wildman–Crippen LogP) is 1.31. The second kappa shape index (κ2) is 2.90. The molecule has 0 aliphatic heterocycles. The number of fused-ring (bicyclic) bond motifs is 1. The number of nitrogens with two attached hydrogens (primary N) is 1. The summed E-state index contributed by atoms with van der Waals surface area (Å²) in [4.78, 5) is 7.77. The Morgan fingerprint density at radius 3 is 2.83 bits per heavy atom. The van der Waals surface area contributed by atoms with Crippen molar-refractivity contribution in [3.05, 3.63) is 17.2 Å². The number of nitrogens with zero attached hydrogens (tertiary/aromatic N) is 1. The van der Waals surface area contributed by atoms with Gasteiger partial charge >= 0.3 is 0 Å².